The Labute approximate surface area is 127 Å². The quantitative estimate of drug-likeness (QED) is 0.819. The molecule has 0 amide bonds. The fraction of sp³-hybridized carbons (Fsp3) is 0.600. The van der Waals surface area contributed by atoms with Crippen LogP contribution in [0.25, 0.3) is 11.0 Å². The van der Waals surface area contributed by atoms with Crippen LogP contribution in [0.2, 0.25) is 0 Å². The van der Waals surface area contributed by atoms with Crippen LogP contribution in [0.5, 0.6) is 0 Å². The van der Waals surface area contributed by atoms with E-state index < -0.39 is 0 Å². The van der Waals surface area contributed by atoms with Gasteiger partial charge in [0.2, 0.25) is 0 Å². The number of halogens is 1. The Bertz CT molecular complexity index is 511. The maximum atomic E-state index is 4.27. The number of rotatable bonds is 6. The second-order valence-electron chi connectivity index (χ2n) is 6.04. The lowest BCUT2D eigenvalue weighted by Crippen LogP contribution is -2.33. The summed E-state index contributed by atoms with van der Waals surface area (Å²) in [4.78, 5) is 2.45. The van der Waals surface area contributed by atoms with Crippen molar-refractivity contribution >= 4 is 23.4 Å². The third kappa shape index (κ3) is 4.46. The second kappa shape index (κ2) is 7.60. The van der Waals surface area contributed by atoms with E-state index in [4.69, 9.17) is 0 Å². The molecule has 0 unspecified atom stereocenters. The van der Waals surface area contributed by atoms with Crippen LogP contribution in [0, 0.1) is 11.8 Å². The van der Waals surface area contributed by atoms with Crippen LogP contribution < -0.4 is 0 Å². The van der Waals surface area contributed by atoms with E-state index in [1.54, 1.807) is 0 Å². The fourth-order valence-electron chi connectivity index (χ4n) is 2.43. The third-order valence-corrected chi connectivity index (χ3v) is 3.00. The summed E-state index contributed by atoms with van der Waals surface area (Å²) >= 11 is 0. The van der Waals surface area contributed by atoms with Crippen LogP contribution in [-0.4, -0.2) is 33.0 Å². The Morgan fingerprint density at radius 3 is 2.25 bits per heavy atom. The largest absolute Gasteiger partial charge is 0.284 e. The Morgan fingerprint density at radius 2 is 1.65 bits per heavy atom. The predicted octanol–water partition coefficient (Wildman–Crippen LogP) is 3.42. The van der Waals surface area contributed by atoms with Crippen LogP contribution in [0.4, 0.5) is 0 Å². The molecule has 0 spiro atoms. The van der Waals surface area contributed by atoms with Crippen LogP contribution in [0.15, 0.2) is 24.3 Å². The van der Waals surface area contributed by atoms with Gasteiger partial charge in [0.1, 0.15) is 5.52 Å². The van der Waals surface area contributed by atoms with E-state index in [1.807, 2.05) is 22.9 Å². The molecule has 4 nitrogen and oxygen atoms in total. The van der Waals surface area contributed by atoms with Crippen molar-refractivity contribution in [1.82, 2.24) is 19.9 Å². The van der Waals surface area contributed by atoms with Crippen molar-refractivity contribution in [1.29, 1.82) is 0 Å². The van der Waals surface area contributed by atoms with E-state index in [2.05, 4.69) is 49.0 Å². The van der Waals surface area contributed by atoms with Crippen LogP contribution in [0.1, 0.15) is 27.7 Å². The van der Waals surface area contributed by atoms with Gasteiger partial charge in [0.15, 0.2) is 0 Å². The van der Waals surface area contributed by atoms with E-state index in [-0.39, 0.29) is 12.4 Å². The van der Waals surface area contributed by atoms with Crippen molar-refractivity contribution in [2.24, 2.45) is 11.8 Å². The van der Waals surface area contributed by atoms with Gasteiger partial charge in [-0.2, -0.15) is 0 Å². The average Bonchev–Trinajstić information content (AvgIpc) is 2.71. The molecule has 2 aromatic rings. The molecular weight excluding hydrogens is 272 g/mol. The van der Waals surface area contributed by atoms with E-state index in [1.165, 1.54) is 0 Å². The zero-order chi connectivity index (χ0) is 13.8. The smallest absolute Gasteiger partial charge is 0.113 e. The molecule has 0 radical (unpaired) electrons. The first-order valence-corrected chi connectivity index (χ1v) is 7.07. The average molecular weight is 297 g/mol. The van der Waals surface area contributed by atoms with Gasteiger partial charge in [0.25, 0.3) is 0 Å². The van der Waals surface area contributed by atoms with Gasteiger partial charge in [-0.15, -0.1) is 17.5 Å². The molecule has 20 heavy (non-hydrogen) atoms. The second-order valence-corrected chi connectivity index (χ2v) is 6.04. The monoisotopic (exact) mass is 296 g/mol. The Kier molecular flexibility index (Phi) is 6.43. The lowest BCUT2D eigenvalue weighted by molar-refractivity contribution is 0.167. The van der Waals surface area contributed by atoms with Gasteiger partial charge in [0.05, 0.1) is 12.2 Å². The van der Waals surface area contributed by atoms with Crippen molar-refractivity contribution in [2.45, 2.75) is 34.4 Å². The third-order valence-electron chi connectivity index (χ3n) is 3.00. The normalized spacial score (nSPS) is 11.6. The first kappa shape index (κ1) is 16.9. The molecule has 1 aromatic heterocycles. The van der Waals surface area contributed by atoms with E-state index in [9.17, 15) is 0 Å². The summed E-state index contributed by atoms with van der Waals surface area (Å²) in [5, 5.41) is 8.49. The first-order chi connectivity index (χ1) is 9.06. The zero-order valence-corrected chi connectivity index (χ0v) is 13.6. The maximum absolute atomic E-state index is 4.27. The summed E-state index contributed by atoms with van der Waals surface area (Å²) in [6.45, 7) is 12.0. The van der Waals surface area contributed by atoms with Gasteiger partial charge in [-0.05, 0) is 24.0 Å². The van der Waals surface area contributed by atoms with Crippen molar-refractivity contribution in [3.8, 4) is 0 Å². The molecule has 1 aromatic carbocycles. The fourth-order valence-corrected chi connectivity index (χ4v) is 2.43. The number of hydrogen-bond donors (Lipinski definition) is 0. The number of benzene rings is 1. The molecule has 0 aliphatic carbocycles. The molecule has 0 saturated carbocycles. The molecule has 0 saturated heterocycles. The molecule has 0 aliphatic heterocycles. The minimum atomic E-state index is 0. The molecule has 1 heterocycles. The summed E-state index contributed by atoms with van der Waals surface area (Å²) in [5.41, 5.74) is 2.08. The van der Waals surface area contributed by atoms with Gasteiger partial charge in [-0.1, -0.05) is 45.0 Å². The Hall–Kier alpha value is -1.13. The van der Waals surface area contributed by atoms with Crippen LogP contribution >= 0.6 is 12.4 Å². The van der Waals surface area contributed by atoms with Gasteiger partial charge >= 0.3 is 0 Å². The van der Waals surface area contributed by atoms with E-state index in [0.717, 1.165) is 30.8 Å². The van der Waals surface area contributed by atoms with Crippen LogP contribution in [-0.2, 0) is 6.67 Å². The van der Waals surface area contributed by atoms with Crippen molar-refractivity contribution in [2.75, 3.05) is 13.1 Å². The number of para-hydroxylation sites is 1. The minimum absolute atomic E-state index is 0. The number of fused-ring (bicyclic) bond motifs is 1. The highest BCUT2D eigenvalue weighted by molar-refractivity contribution is 5.85. The highest BCUT2D eigenvalue weighted by atomic mass is 35.5. The summed E-state index contributed by atoms with van der Waals surface area (Å²) in [5.74, 6) is 1.32. The SMILES string of the molecule is CC(C)CN(CC(C)C)Cn1nnc2ccccc21.Cl. The lowest BCUT2D eigenvalue weighted by Gasteiger charge is -2.25. The molecule has 2 rings (SSSR count). The highest BCUT2D eigenvalue weighted by Gasteiger charge is 2.12. The number of nitrogens with zero attached hydrogens (tertiary/aromatic N) is 4. The van der Waals surface area contributed by atoms with Gasteiger partial charge < -0.3 is 0 Å². The molecule has 0 bridgehead atoms. The van der Waals surface area contributed by atoms with Crippen molar-refractivity contribution in [3.63, 3.8) is 0 Å². The predicted molar refractivity (Wildman–Crippen MR) is 86.0 cm³/mol. The minimum Gasteiger partial charge on any atom is -0.284 e. The molecule has 0 aliphatic rings. The Balaban J connectivity index is 0.00000200. The Morgan fingerprint density at radius 1 is 1.05 bits per heavy atom. The maximum Gasteiger partial charge on any atom is 0.113 e. The molecule has 0 N–H and O–H groups in total. The number of aromatic nitrogens is 3. The lowest BCUT2D eigenvalue weighted by atomic mass is 10.1. The standard InChI is InChI=1S/C15H24N4.ClH/c1-12(2)9-18(10-13(3)4)11-19-15-8-6-5-7-14(15)16-17-19;/h5-8,12-13H,9-11H2,1-4H3;1H. The van der Waals surface area contributed by atoms with Crippen molar-refractivity contribution < 1.29 is 0 Å². The molecule has 0 fully saturated rings. The topological polar surface area (TPSA) is 34.0 Å². The summed E-state index contributed by atoms with van der Waals surface area (Å²) < 4.78 is 2.00. The number of hydrogen-bond acceptors (Lipinski definition) is 3. The van der Waals surface area contributed by atoms with Crippen LogP contribution in [0.3, 0.4) is 0 Å². The highest BCUT2D eigenvalue weighted by Crippen LogP contribution is 2.12. The van der Waals surface area contributed by atoms with Gasteiger partial charge in [0, 0.05) is 13.1 Å². The van der Waals surface area contributed by atoms with Crippen molar-refractivity contribution in [3.05, 3.63) is 24.3 Å². The first-order valence-electron chi connectivity index (χ1n) is 7.07. The van der Waals surface area contributed by atoms with Gasteiger partial charge in [-0.3, -0.25) is 4.90 Å². The summed E-state index contributed by atoms with van der Waals surface area (Å²) in [6.07, 6.45) is 0. The van der Waals surface area contributed by atoms with E-state index in [0.29, 0.717) is 11.8 Å². The van der Waals surface area contributed by atoms with Gasteiger partial charge in [-0.25, -0.2) is 4.68 Å². The molecular formula is C15H25ClN4. The molecule has 5 heteroatoms. The zero-order valence-electron chi connectivity index (χ0n) is 12.8. The summed E-state index contributed by atoms with van der Waals surface area (Å²) in [6, 6.07) is 8.13. The molecule has 0 atom stereocenters. The molecule has 112 valence electrons. The summed E-state index contributed by atoms with van der Waals surface area (Å²) in [7, 11) is 0. The van der Waals surface area contributed by atoms with E-state index >= 15 is 0 Å².